The Morgan fingerprint density at radius 1 is 2.00 bits per heavy atom. The van der Waals surface area contributed by atoms with Gasteiger partial charge in [0.15, 0.2) is 4.71 Å². The smallest absolute Gasteiger partial charge is 0.245 e. The summed E-state index contributed by atoms with van der Waals surface area (Å²) in [4.78, 5) is 9.71. The third-order valence-corrected chi connectivity index (χ3v) is 0.704. The number of primary amides is 1. The molecule has 0 radical (unpaired) electrons. The van der Waals surface area contributed by atoms with Gasteiger partial charge in [-0.05, 0) is 0 Å². The van der Waals surface area contributed by atoms with E-state index in [0.717, 1.165) is 0 Å². The maximum Gasteiger partial charge on any atom is 0.245 e. The Balaban J connectivity index is 3.26. The lowest BCUT2D eigenvalue weighted by atomic mass is 10.8. The molecule has 6 heavy (non-hydrogen) atoms. The average Bonchev–Trinajstić information content (AvgIpc) is 1.36. The van der Waals surface area contributed by atoms with Gasteiger partial charge in [0.25, 0.3) is 0 Å². The van der Waals surface area contributed by atoms with Crippen LogP contribution in [0.3, 0.4) is 0 Å². The zero-order chi connectivity index (χ0) is 5.15. The molecule has 2 nitrogen and oxygen atoms in total. The van der Waals surface area contributed by atoms with Gasteiger partial charge in [0, 0.05) is 0 Å². The van der Waals surface area contributed by atoms with E-state index in [1.807, 2.05) is 0 Å². The van der Waals surface area contributed by atoms with Gasteiger partial charge in [0.1, 0.15) is 0 Å². The van der Waals surface area contributed by atoms with E-state index >= 15 is 0 Å². The number of halogens is 1. The van der Waals surface area contributed by atoms with Crippen molar-refractivity contribution in [2.45, 2.75) is 4.71 Å². The molecule has 0 aliphatic heterocycles. The summed E-state index contributed by atoms with van der Waals surface area (Å²) < 4.78 is -0.843. The van der Waals surface area contributed by atoms with Crippen molar-refractivity contribution in [2.24, 2.45) is 5.73 Å². The maximum atomic E-state index is 9.71. The first-order valence-corrected chi connectivity index (χ1v) is 2.21. The summed E-state index contributed by atoms with van der Waals surface area (Å²) in [5.41, 5.74) is 4.59. The van der Waals surface area contributed by atoms with Crippen molar-refractivity contribution in [1.29, 1.82) is 0 Å². The van der Waals surface area contributed by atoms with Crippen LogP contribution >= 0.6 is 24.2 Å². The van der Waals surface area contributed by atoms with Crippen molar-refractivity contribution < 1.29 is 4.79 Å². The average molecular weight is 126 g/mol. The summed E-state index contributed by atoms with van der Waals surface area (Å²) in [6.07, 6.45) is 0. The third-order valence-electron chi connectivity index (χ3n) is 0.235. The highest BCUT2D eigenvalue weighted by molar-refractivity contribution is 7.83. The molecule has 0 fully saturated rings. The fraction of sp³-hybridized carbons (Fsp3) is 0.500. The molecule has 1 unspecified atom stereocenters. The van der Waals surface area contributed by atoms with Crippen LogP contribution in [0.4, 0.5) is 0 Å². The predicted molar refractivity (Wildman–Crippen MR) is 27.8 cm³/mol. The van der Waals surface area contributed by atoms with E-state index in [1.54, 1.807) is 0 Å². The Morgan fingerprint density at radius 2 is 2.17 bits per heavy atom. The molecule has 0 rings (SSSR count). The van der Waals surface area contributed by atoms with E-state index in [-0.39, 0.29) is 0 Å². The summed E-state index contributed by atoms with van der Waals surface area (Å²) in [5.74, 6) is -0.611. The zero-order valence-corrected chi connectivity index (χ0v) is 4.54. The summed E-state index contributed by atoms with van der Waals surface area (Å²) in [6, 6.07) is 0. The summed E-state index contributed by atoms with van der Waals surface area (Å²) in [7, 11) is 0. The van der Waals surface area contributed by atoms with Crippen LogP contribution in [0.25, 0.3) is 0 Å². The van der Waals surface area contributed by atoms with Gasteiger partial charge < -0.3 is 5.73 Å². The second-order valence-corrected chi connectivity index (χ2v) is 2.00. The number of rotatable bonds is 1. The van der Waals surface area contributed by atoms with Crippen molar-refractivity contribution in [2.75, 3.05) is 0 Å². The van der Waals surface area contributed by atoms with Gasteiger partial charge in [-0.3, -0.25) is 4.79 Å². The molecule has 4 heteroatoms. The maximum absolute atomic E-state index is 9.71. The molecular weight excluding hydrogens is 122 g/mol. The molecule has 0 bridgehead atoms. The van der Waals surface area contributed by atoms with Crippen molar-refractivity contribution in [3.8, 4) is 0 Å². The number of hydrogen-bond donors (Lipinski definition) is 2. The second-order valence-electron chi connectivity index (χ2n) is 0.738. The molecule has 0 aromatic heterocycles. The first-order chi connectivity index (χ1) is 2.64. The Hall–Kier alpha value is 0.110. The SMILES string of the molecule is NC(=O)C(S)Cl. The van der Waals surface area contributed by atoms with Crippen LogP contribution in [0, 0.1) is 0 Å². The van der Waals surface area contributed by atoms with Crippen LogP contribution in [0.5, 0.6) is 0 Å². The van der Waals surface area contributed by atoms with E-state index in [1.165, 1.54) is 0 Å². The molecular formula is C2H4ClNOS. The first kappa shape index (κ1) is 6.11. The van der Waals surface area contributed by atoms with Crippen LogP contribution in [0.1, 0.15) is 0 Å². The molecule has 1 atom stereocenters. The molecule has 0 saturated heterocycles. The lowest BCUT2D eigenvalue weighted by molar-refractivity contribution is -0.116. The molecule has 0 aliphatic carbocycles. The Morgan fingerprint density at radius 3 is 2.17 bits per heavy atom. The molecule has 36 valence electrons. The van der Waals surface area contributed by atoms with Gasteiger partial charge in [-0.1, -0.05) is 0 Å². The lowest BCUT2D eigenvalue weighted by Crippen LogP contribution is -2.18. The van der Waals surface area contributed by atoms with Gasteiger partial charge in [-0.25, -0.2) is 0 Å². The molecule has 0 aromatic carbocycles. The van der Waals surface area contributed by atoms with E-state index in [2.05, 4.69) is 18.4 Å². The number of thiol groups is 1. The predicted octanol–water partition coefficient (Wildman–Crippen LogP) is -0.0336. The second kappa shape index (κ2) is 2.31. The molecule has 0 aliphatic rings. The summed E-state index contributed by atoms with van der Waals surface area (Å²) in [5, 5.41) is 0. The largest absolute Gasteiger partial charge is 0.368 e. The van der Waals surface area contributed by atoms with Gasteiger partial charge >= 0.3 is 0 Å². The molecule has 0 spiro atoms. The summed E-state index contributed by atoms with van der Waals surface area (Å²) in [6.45, 7) is 0. The van der Waals surface area contributed by atoms with Crippen molar-refractivity contribution in [3.05, 3.63) is 0 Å². The van der Waals surface area contributed by atoms with Crippen LogP contribution < -0.4 is 5.73 Å². The van der Waals surface area contributed by atoms with E-state index < -0.39 is 10.6 Å². The normalized spacial score (nSPS) is 13.7. The Bertz CT molecular complexity index is 64.6. The number of amides is 1. The highest BCUT2D eigenvalue weighted by Gasteiger charge is 2.00. The minimum absolute atomic E-state index is 0.611. The third kappa shape index (κ3) is 2.35. The molecule has 2 N–H and O–H groups in total. The standard InChI is InChI=1S/C2H4ClNOS/c3-1(6)2(4)5/h1,6H,(H2,4,5). The number of carbonyl (C=O) groups excluding carboxylic acids is 1. The fourth-order valence-electron chi connectivity index (χ4n) is 0. The number of nitrogens with two attached hydrogens (primary N) is 1. The van der Waals surface area contributed by atoms with Gasteiger partial charge in [0.05, 0.1) is 0 Å². The highest BCUT2D eigenvalue weighted by Crippen LogP contribution is 1.96. The minimum Gasteiger partial charge on any atom is -0.368 e. The number of alkyl halides is 1. The van der Waals surface area contributed by atoms with Crippen molar-refractivity contribution in [3.63, 3.8) is 0 Å². The summed E-state index contributed by atoms with van der Waals surface area (Å²) >= 11 is 8.49. The lowest BCUT2D eigenvalue weighted by Gasteiger charge is -1.87. The first-order valence-electron chi connectivity index (χ1n) is 1.26. The quantitative estimate of drug-likeness (QED) is 0.375. The van der Waals surface area contributed by atoms with Crippen LogP contribution in [-0.4, -0.2) is 10.6 Å². The highest BCUT2D eigenvalue weighted by atomic mass is 35.5. The minimum atomic E-state index is -0.843. The topological polar surface area (TPSA) is 43.1 Å². The van der Waals surface area contributed by atoms with E-state index in [4.69, 9.17) is 11.6 Å². The van der Waals surface area contributed by atoms with E-state index in [9.17, 15) is 4.79 Å². The van der Waals surface area contributed by atoms with Crippen LogP contribution in [-0.2, 0) is 4.79 Å². The van der Waals surface area contributed by atoms with Crippen molar-refractivity contribution in [1.82, 2.24) is 0 Å². The molecule has 1 amide bonds. The van der Waals surface area contributed by atoms with E-state index in [0.29, 0.717) is 0 Å². The van der Waals surface area contributed by atoms with Crippen molar-refractivity contribution >= 4 is 30.1 Å². The van der Waals surface area contributed by atoms with Crippen LogP contribution in [0.15, 0.2) is 0 Å². The Kier molecular flexibility index (Phi) is 2.35. The molecule has 0 saturated carbocycles. The van der Waals surface area contributed by atoms with Crippen LogP contribution in [0.2, 0.25) is 0 Å². The van der Waals surface area contributed by atoms with Gasteiger partial charge in [0.2, 0.25) is 5.91 Å². The van der Waals surface area contributed by atoms with Gasteiger partial charge in [-0.2, -0.15) is 12.6 Å². The molecule has 0 aromatic rings. The number of hydrogen-bond acceptors (Lipinski definition) is 2. The number of carbonyl (C=O) groups is 1. The zero-order valence-electron chi connectivity index (χ0n) is 2.89. The molecule has 0 heterocycles. The monoisotopic (exact) mass is 125 g/mol. The van der Waals surface area contributed by atoms with Gasteiger partial charge in [-0.15, -0.1) is 11.6 Å². The Labute approximate surface area is 46.1 Å². The fourth-order valence-corrected chi connectivity index (χ4v) is 0.